The third kappa shape index (κ3) is 3.06. The van der Waals surface area contributed by atoms with Crippen molar-refractivity contribution in [2.75, 3.05) is 0 Å². The van der Waals surface area contributed by atoms with Gasteiger partial charge in [0.25, 0.3) is 0 Å². The minimum atomic E-state index is -0.0956. The third-order valence-electron chi connectivity index (χ3n) is 2.49. The van der Waals surface area contributed by atoms with Crippen LogP contribution in [0.15, 0.2) is 16.9 Å². The van der Waals surface area contributed by atoms with Crippen LogP contribution in [0, 0.1) is 0 Å². The summed E-state index contributed by atoms with van der Waals surface area (Å²) in [6.07, 6.45) is 5.11. The van der Waals surface area contributed by atoms with Crippen LogP contribution >= 0.6 is 15.9 Å². The molecule has 90 valence electrons. The number of rotatable bonds is 3. The Morgan fingerprint density at radius 3 is 3.00 bits per heavy atom. The molecule has 5 heteroatoms. The lowest BCUT2D eigenvalue weighted by Gasteiger charge is -2.31. The Labute approximate surface area is 104 Å². The highest BCUT2D eigenvalue weighted by atomic mass is 79.9. The molecule has 1 fully saturated rings. The molecule has 16 heavy (non-hydrogen) atoms. The van der Waals surface area contributed by atoms with E-state index in [0.717, 1.165) is 23.9 Å². The molecule has 0 spiro atoms. The largest absolute Gasteiger partial charge is 0.350 e. The number of hydrogen-bond acceptors (Lipinski definition) is 3. The van der Waals surface area contributed by atoms with Crippen LogP contribution in [0.4, 0.5) is 0 Å². The van der Waals surface area contributed by atoms with Gasteiger partial charge in [-0.1, -0.05) is 0 Å². The second kappa shape index (κ2) is 5.29. The molecule has 1 aliphatic heterocycles. The summed E-state index contributed by atoms with van der Waals surface area (Å²) in [6.45, 7) is 4.05. The molecule has 4 nitrogen and oxygen atoms in total. The zero-order valence-corrected chi connectivity index (χ0v) is 11.2. The van der Waals surface area contributed by atoms with Crippen LogP contribution in [0.2, 0.25) is 0 Å². The van der Waals surface area contributed by atoms with Crippen LogP contribution in [0.5, 0.6) is 0 Å². The van der Waals surface area contributed by atoms with Crippen molar-refractivity contribution >= 4 is 15.9 Å². The Morgan fingerprint density at radius 2 is 2.38 bits per heavy atom. The fraction of sp³-hybridized carbons (Fsp3) is 0.727. The van der Waals surface area contributed by atoms with Crippen molar-refractivity contribution in [2.45, 2.75) is 51.7 Å². The fourth-order valence-corrected chi connectivity index (χ4v) is 2.15. The molecule has 0 N–H and O–H groups in total. The van der Waals surface area contributed by atoms with Gasteiger partial charge in [-0.15, -0.1) is 0 Å². The lowest BCUT2D eigenvalue weighted by atomic mass is 10.1. The number of ether oxygens (including phenoxy) is 2. The van der Waals surface area contributed by atoms with Crippen molar-refractivity contribution < 1.29 is 9.47 Å². The molecule has 1 aliphatic rings. The zero-order valence-electron chi connectivity index (χ0n) is 9.60. The summed E-state index contributed by atoms with van der Waals surface area (Å²) in [5.74, 6) is 0. The van der Waals surface area contributed by atoms with Gasteiger partial charge in [0.1, 0.15) is 4.60 Å². The molecule has 0 amide bonds. The van der Waals surface area contributed by atoms with Gasteiger partial charge >= 0.3 is 0 Å². The Bertz CT molecular complexity index is 340. The van der Waals surface area contributed by atoms with E-state index in [-0.39, 0.29) is 18.6 Å². The van der Waals surface area contributed by atoms with Gasteiger partial charge in [-0.3, -0.25) is 0 Å². The second-order valence-corrected chi connectivity index (χ2v) is 5.07. The smallest absolute Gasteiger partial charge is 0.160 e. The van der Waals surface area contributed by atoms with E-state index >= 15 is 0 Å². The summed E-state index contributed by atoms with van der Waals surface area (Å²) in [4.78, 5) is 0. The number of hydrogen-bond donors (Lipinski definition) is 0. The third-order valence-corrected chi connectivity index (χ3v) is 2.92. The first-order chi connectivity index (χ1) is 7.65. The lowest BCUT2D eigenvalue weighted by molar-refractivity contribution is -0.230. The Hall–Kier alpha value is -0.390. The predicted molar refractivity (Wildman–Crippen MR) is 63.9 cm³/mol. The monoisotopic (exact) mass is 288 g/mol. The first kappa shape index (κ1) is 12.1. The van der Waals surface area contributed by atoms with Crippen LogP contribution in [0.3, 0.4) is 0 Å². The van der Waals surface area contributed by atoms with Gasteiger partial charge < -0.3 is 9.47 Å². The van der Waals surface area contributed by atoms with Gasteiger partial charge in [0.2, 0.25) is 0 Å². The topological polar surface area (TPSA) is 36.3 Å². The summed E-state index contributed by atoms with van der Waals surface area (Å²) in [5, 5.41) is 4.30. The van der Waals surface area contributed by atoms with Gasteiger partial charge in [-0.05, 0) is 55.1 Å². The maximum absolute atomic E-state index is 5.85. The molecule has 0 bridgehead atoms. The summed E-state index contributed by atoms with van der Waals surface area (Å²) in [6, 6.07) is 1.91. The van der Waals surface area contributed by atoms with Crippen molar-refractivity contribution in [3.8, 4) is 0 Å². The lowest BCUT2D eigenvalue weighted by Crippen LogP contribution is -2.30. The van der Waals surface area contributed by atoms with E-state index in [1.54, 1.807) is 0 Å². The standard InChI is InChI=1S/C11H17BrN2O2/c1-8(2)15-11-5-3-4-10(16-11)14-7-6-9(12)13-14/h6-8,10-11H,3-5H2,1-2H3. The van der Waals surface area contributed by atoms with Gasteiger partial charge in [0, 0.05) is 6.20 Å². The molecule has 0 saturated carbocycles. The average molecular weight is 289 g/mol. The number of halogens is 1. The highest BCUT2D eigenvalue weighted by Crippen LogP contribution is 2.27. The van der Waals surface area contributed by atoms with E-state index in [9.17, 15) is 0 Å². The molecule has 1 saturated heterocycles. The first-order valence-corrected chi connectivity index (χ1v) is 6.46. The maximum Gasteiger partial charge on any atom is 0.160 e. The minimum absolute atomic E-state index is 0.00352. The van der Waals surface area contributed by atoms with E-state index in [0.29, 0.717) is 0 Å². The quantitative estimate of drug-likeness (QED) is 0.858. The van der Waals surface area contributed by atoms with E-state index < -0.39 is 0 Å². The van der Waals surface area contributed by atoms with E-state index in [1.807, 2.05) is 30.8 Å². The van der Waals surface area contributed by atoms with Crippen molar-refractivity contribution in [3.05, 3.63) is 16.9 Å². The van der Waals surface area contributed by atoms with Crippen molar-refractivity contribution in [1.29, 1.82) is 0 Å². The number of aromatic nitrogens is 2. The average Bonchev–Trinajstić information content (AvgIpc) is 2.64. The summed E-state index contributed by atoms with van der Waals surface area (Å²) < 4.78 is 14.2. The predicted octanol–water partition coefficient (Wildman–Crippen LogP) is 3.10. The van der Waals surface area contributed by atoms with E-state index in [2.05, 4.69) is 21.0 Å². The van der Waals surface area contributed by atoms with Crippen LogP contribution in [0.1, 0.15) is 39.3 Å². The molecule has 1 aromatic heterocycles. The highest BCUT2D eigenvalue weighted by molar-refractivity contribution is 9.10. The molecule has 0 aliphatic carbocycles. The fourth-order valence-electron chi connectivity index (χ4n) is 1.84. The van der Waals surface area contributed by atoms with E-state index in [1.165, 1.54) is 0 Å². The molecule has 1 aromatic rings. The number of nitrogens with zero attached hydrogens (tertiary/aromatic N) is 2. The maximum atomic E-state index is 5.85. The summed E-state index contributed by atoms with van der Waals surface area (Å²) in [7, 11) is 0. The van der Waals surface area contributed by atoms with Crippen LogP contribution in [0.25, 0.3) is 0 Å². The van der Waals surface area contributed by atoms with Gasteiger partial charge in [-0.25, -0.2) is 4.68 Å². The Morgan fingerprint density at radius 1 is 1.56 bits per heavy atom. The van der Waals surface area contributed by atoms with Gasteiger partial charge in [0.05, 0.1) is 6.10 Å². The Kier molecular flexibility index (Phi) is 4.00. The van der Waals surface area contributed by atoms with Crippen molar-refractivity contribution in [2.24, 2.45) is 0 Å². The van der Waals surface area contributed by atoms with Gasteiger partial charge in [-0.2, -0.15) is 5.10 Å². The molecule has 0 radical (unpaired) electrons. The normalized spacial score (nSPS) is 26.2. The SMILES string of the molecule is CC(C)OC1CCCC(n2ccc(Br)n2)O1. The summed E-state index contributed by atoms with van der Waals surface area (Å²) in [5.41, 5.74) is 0. The summed E-state index contributed by atoms with van der Waals surface area (Å²) >= 11 is 3.34. The molecule has 2 atom stereocenters. The van der Waals surface area contributed by atoms with Crippen LogP contribution in [-0.4, -0.2) is 22.2 Å². The highest BCUT2D eigenvalue weighted by Gasteiger charge is 2.25. The molecule has 2 unspecified atom stereocenters. The van der Waals surface area contributed by atoms with Crippen molar-refractivity contribution in [3.63, 3.8) is 0 Å². The van der Waals surface area contributed by atoms with Crippen LogP contribution < -0.4 is 0 Å². The van der Waals surface area contributed by atoms with Crippen LogP contribution in [-0.2, 0) is 9.47 Å². The minimum Gasteiger partial charge on any atom is -0.350 e. The van der Waals surface area contributed by atoms with Crippen molar-refractivity contribution in [1.82, 2.24) is 9.78 Å². The molecular weight excluding hydrogens is 272 g/mol. The molecular formula is C11H17BrN2O2. The Balaban J connectivity index is 1.96. The second-order valence-electron chi connectivity index (χ2n) is 4.25. The molecule has 2 heterocycles. The zero-order chi connectivity index (χ0) is 11.5. The molecule has 0 aromatic carbocycles. The van der Waals surface area contributed by atoms with Gasteiger partial charge in [0.15, 0.2) is 12.5 Å². The molecule has 2 rings (SSSR count). The first-order valence-electron chi connectivity index (χ1n) is 5.67. The van der Waals surface area contributed by atoms with E-state index in [4.69, 9.17) is 9.47 Å².